The van der Waals surface area contributed by atoms with Gasteiger partial charge in [0.25, 0.3) is 11.1 Å². The van der Waals surface area contributed by atoms with Crippen LogP contribution in [0.1, 0.15) is 21.5 Å². The molecule has 0 unspecified atom stereocenters. The number of halogens is 2. The van der Waals surface area contributed by atoms with Crippen LogP contribution in [0.5, 0.6) is 0 Å². The zero-order valence-corrected chi connectivity index (χ0v) is 14.7. The van der Waals surface area contributed by atoms with Crippen molar-refractivity contribution >= 4 is 17.6 Å². The summed E-state index contributed by atoms with van der Waals surface area (Å²) in [5, 5.41) is 9.27. The summed E-state index contributed by atoms with van der Waals surface area (Å²) < 4.78 is 17.0. The predicted molar refractivity (Wildman–Crippen MR) is 98.0 cm³/mol. The molecule has 0 fully saturated rings. The van der Waals surface area contributed by atoms with E-state index in [4.69, 9.17) is 16.7 Å². The normalized spacial score (nSPS) is 10.7. The molecule has 0 saturated carbocycles. The molecular formula is C19H14ClFN2O4. The fraction of sp³-hybridized carbons (Fsp3) is 0.105. The number of carbonyl (C=O) groups is 1. The van der Waals surface area contributed by atoms with Gasteiger partial charge in [-0.15, -0.1) is 0 Å². The van der Waals surface area contributed by atoms with Crippen molar-refractivity contribution in [2.45, 2.75) is 13.1 Å². The van der Waals surface area contributed by atoms with Gasteiger partial charge in [0.15, 0.2) is 0 Å². The van der Waals surface area contributed by atoms with Crippen molar-refractivity contribution < 1.29 is 14.3 Å². The monoisotopic (exact) mass is 388 g/mol. The highest BCUT2D eigenvalue weighted by Crippen LogP contribution is 2.22. The number of hydrogen-bond donors (Lipinski definition) is 1. The maximum Gasteiger partial charge on any atom is 0.337 e. The summed E-state index contributed by atoms with van der Waals surface area (Å²) in [6, 6.07) is 9.56. The fourth-order valence-electron chi connectivity index (χ4n) is 2.61. The molecule has 2 aromatic heterocycles. The van der Waals surface area contributed by atoms with Gasteiger partial charge in [-0.1, -0.05) is 17.7 Å². The van der Waals surface area contributed by atoms with Crippen LogP contribution in [0.2, 0.25) is 5.02 Å². The lowest BCUT2D eigenvalue weighted by Crippen LogP contribution is -2.21. The van der Waals surface area contributed by atoms with Crippen LogP contribution in [-0.4, -0.2) is 20.2 Å². The highest BCUT2D eigenvalue weighted by molar-refractivity contribution is 6.31. The van der Waals surface area contributed by atoms with E-state index in [1.807, 2.05) is 0 Å². The Hall–Kier alpha value is -3.19. The van der Waals surface area contributed by atoms with Crippen LogP contribution in [0.4, 0.5) is 4.39 Å². The summed E-state index contributed by atoms with van der Waals surface area (Å²) >= 11 is 6.23. The molecule has 0 aliphatic rings. The van der Waals surface area contributed by atoms with E-state index in [1.54, 1.807) is 18.3 Å². The molecule has 138 valence electrons. The number of rotatable bonds is 5. The van der Waals surface area contributed by atoms with E-state index in [-0.39, 0.29) is 34.8 Å². The molecule has 8 heteroatoms. The Morgan fingerprint density at radius 2 is 1.70 bits per heavy atom. The first-order valence-corrected chi connectivity index (χ1v) is 8.29. The van der Waals surface area contributed by atoms with E-state index >= 15 is 0 Å². The molecule has 6 nitrogen and oxygen atoms in total. The molecule has 0 radical (unpaired) electrons. The molecule has 27 heavy (non-hydrogen) atoms. The topological polar surface area (TPSA) is 81.3 Å². The zero-order valence-electron chi connectivity index (χ0n) is 13.9. The summed E-state index contributed by atoms with van der Waals surface area (Å²) in [5.41, 5.74) is -0.238. The summed E-state index contributed by atoms with van der Waals surface area (Å²) in [4.78, 5) is 34.8. The number of pyridine rings is 2. The summed E-state index contributed by atoms with van der Waals surface area (Å²) in [7, 11) is 0. The number of nitrogens with zero attached hydrogens (tertiary/aromatic N) is 2. The maximum absolute atomic E-state index is 14.5. The molecule has 0 spiro atoms. The average Bonchev–Trinajstić information content (AvgIpc) is 2.62. The molecule has 3 rings (SSSR count). The van der Waals surface area contributed by atoms with Crippen molar-refractivity contribution in [1.29, 1.82) is 0 Å². The molecule has 0 amide bonds. The lowest BCUT2D eigenvalue weighted by Gasteiger charge is -2.12. The molecule has 2 heterocycles. The van der Waals surface area contributed by atoms with E-state index < -0.39 is 17.3 Å². The van der Waals surface area contributed by atoms with Gasteiger partial charge in [-0.05, 0) is 29.8 Å². The van der Waals surface area contributed by atoms with Crippen LogP contribution < -0.4 is 11.1 Å². The minimum atomic E-state index is -1.19. The van der Waals surface area contributed by atoms with Crippen molar-refractivity contribution in [2.24, 2.45) is 0 Å². The van der Waals surface area contributed by atoms with Crippen molar-refractivity contribution in [3.05, 3.63) is 103 Å². The van der Waals surface area contributed by atoms with E-state index in [0.717, 1.165) is 16.8 Å². The number of benzene rings is 1. The summed E-state index contributed by atoms with van der Waals surface area (Å²) in [6.07, 6.45) is 2.72. The molecule has 0 bridgehead atoms. The highest BCUT2D eigenvalue weighted by atomic mass is 35.5. The second-order valence-corrected chi connectivity index (χ2v) is 6.30. The third-order valence-electron chi connectivity index (χ3n) is 4.03. The first-order chi connectivity index (χ1) is 12.8. The van der Waals surface area contributed by atoms with E-state index in [9.17, 15) is 18.8 Å². The van der Waals surface area contributed by atoms with E-state index in [1.165, 1.54) is 28.8 Å². The molecule has 3 aromatic rings. The van der Waals surface area contributed by atoms with Gasteiger partial charge < -0.3 is 14.2 Å². The minimum Gasteiger partial charge on any atom is -0.478 e. The van der Waals surface area contributed by atoms with Crippen LogP contribution in [0.15, 0.2) is 64.4 Å². The molecule has 1 aromatic carbocycles. The number of carboxylic acid groups (broad SMARTS) is 1. The molecular weight excluding hydrogens is 375 g/mol. The highest BCUT2D eigenvalue weighted by Gasteiger charge is 2.12. The van der Waals surface area contributed by atoms with E-state index in [0.29, 0.717) is 5.56 Å². The molecule has 0 saturated heterocycles. The Kier molecular flexibility index (Phi) is 5.23. The van der Waals surface area contributed by atoms with Crippen molar-refractivity contribution in [2.75, 3.05) is 0 Å². The second kappa shape index (κ2) is 7.59. The Labute approximate surface area is 157 Å². The van der Waals surface area contributed by atoms with Crippen LogP contribution in [0, 0.1) is 5.82 Å². The molecule has 0 aliphatic carbocycles. The smallest absolute Gasteiger partial charge is 0.337 e. The Bertz CT molecular complexity index is 1140. The molecule has 0 aliphatic heterocycles. The van der Waals surface area contributed by atoms with Gasteiger partial charge in [0.2, 0.25) is 0 Å². The minimum absolute atomic E-state index is 0.0822. The third kappa shape index (κ3) is 4.15. The van der Waals surface area contributed by atoms with Gasteiger partial charge in [-0.25, -0.2) is 9.18 Å². The van der Waals surface area contributed by atoms with Crippen LogP contribution in [0.25, 0.3) is 0 Å². The SMILES string of the molecule is O=C(O)c1ccc(=O)n(Cc2cc(Cl)c(Cn3ccccc3=O)cc2F)c1. The average molecular weight is 389 g/mol. The molecule has 1 N–H and O–H groups in total. The van der Waals surface area contributed by atoms with Crippen molar-refractivity contribution in [3.63, 3.8) is 0 Å². The fourth-order valence-corrected chi connectivity index (χ4v) is 2.86. The standard InChI is InChI=1S/C19H14ClFN2O4/c20-15-7-14(11-23-9-12(19(26)27)4-5-18(23)25)16(21)8-13(15)10-22-6-2-1-3-17(22)24/h1-9H,10-11H2,(H,26,27). The van der Waals surface area contributed by atoms with Gasteiger partial charge in [0, 0.05) is 35.1 Å². The van der Waals surface area contributed by atoms with E-state index in [2.05, 4.69) is 0 Å². The summed E-state index contributed by atoms with van der Waals surface area (Å²) in [6.45, 7) is -0.0682. The number of hydrogen-bond acceptors (Lipinski definition) is 3. The predicted octanol–water partition coefficient (Wildman–Crippen LogP) is 2.60. The third-order valence-corrected chi connectivity index (χ3v) is 4.38. The quantitative estimate of drug-likeness (QED) is 0.728. The van der Waals surface area contributed by atoms with Gasteiger partial charge in [-0.2, -0.15) is 0 Å². The first-order valence-electron chi connectivity index (χ1n) is 7.91. The number of carboxylic acids is 1. The first kappa shape index (κ1) is 18.6. The Morgan fingerprint density at radius 3 is 2.41 bits per heavy atom. The van der Waals surface area contributed by atoms with Crippen LogP contribution in [-0.2, 0) is 13.1 Å². The van der Waals surface area contributed by atoms with Crippen LogP contribution in [0.3, 0.4) is 0 Å². The van der Waals surface area contributed by atoms with Crippen LogP contribution >= 0.6 is 11.6 Å². The Balaban J connectivity index is 1.93. The maximum atomic E-state index is 14.5. The summed E-state index contributed by atoms with van der Waals surface area (Å²) in [5.74, 6) is -1.79. The number of aromatic nitrogens is 2. The largest absolute Gasteiger partial charge is 0.478 e. The van der Waals surface area contributed by atoms with Crippen molar-refractivity contribution in [1.82, 2.24) is 9.13 Å². The number of aromatic carboxylic acids is 1. The van der Waals surface area contributed by atoms with Gasteiger partial charge >= 0.3 is 5.97 Å². The van der Waals surface area contributed by atoms with Gasteiger partial charge in [0.1, 0.15) is 5.82 Å². The molecule has 0 atom stereocenters. The Morgan fingerprint density at radius 1 is 1.00 bits per heavy atom. The zero-order chi connectivity index (χ0) is 19.6. The van der Waals surface area contributed by atoms with Gasteiger partial charge in [0.05, 0.1) is 18.7 Å². The lowest BCUT2D eigenvalue weighted by atomic mass is 10.1. The van der Waals surface area contributed by atoms with Gasteiger partial charge in [-0.3, -0.25) is 9.59 Å². The lowest BCUT2D eigenvalue weighted by molar-refractivity contribution is 0.0696. The van der Waals surface area contributed by atoms with Crippen molar-refractivity contribution in [3.8, 4) is 0 Å². The second-order valence-electron chi connectivity index (χ2n) is 5.89.